The molecule has 2 N–H and O–H groups in total. The number of amides is 1. The maximum Gasteiger partial charge on any atom is 0.252 e. The van der Waals surface area contributed by atoms with E-state index in [-0.39, 0.29) is 24.4 Å². The summed E-state index contributed by atoms with van der Waals surface area (Å²) in [5.74, 6) is 1.40. The van der Waals surface area contributed by atoms with Gasteiger partial charge in [-0.25, -0.2) is 0 Å². The second-order valence-electron chi connectivity index (χ2n) is 7.10. The number of hydrogen-bond acceptors (Lipinski definition) is 5. The number of hydrogen-bond donors (Lipinski definition) is 2. The zero-order chi connectivity index (χ0) is 18.4. The van der Waals surface area contributed by atoms with E-state index in [0.717, 1.165) is 37.2 Å². The largest absolute Gasteiger partial charge is 0.493 e. The van der Waals surface area contributed by atoms with E-state index in [0.29, 0.717) is 25.1 Å². The van der Waals surface area contributed by atoms with E-state index in [2.05, 4.69) is 10.6 Å². The first-order valence-corrected chi connectivity index (χ1v) is 9.55. The van der Waals surface area contributed by atoms with Crippen molar-refractivity contribution in [2.75, 3.05) is 27.3 Å². The van der Waals surface area contributed by atoms with E-state index in [1.165, 1.54) is 12.8 Å². The molecule has 0 radical (unpaired) electrons. The van der Waals surface area contributed by atoms with Gasteiger partial charge in [-0.3, -0.25) is 4.79 Å². The van der Waals surface area contributed by atoms with Crippen LogP contribution in [-0.2, 0) is 16.1 Å². The first-order chi connectivity index (χ1) is 12.7. The lowest BCUT2D eigenvalue weighted by Gasteiger charge is -2.34. The van der Waals surface area contributed by atoms with Gasteiger partial charge in [-0.2, -0.15) is 0 Å². The van der Waals surface area contributed by atoms with Crippen LogP contribution in [0, 0.1) is 0 Å². The van der Waals surface area contributed by atoms with Crippen LogP contribution in [0.25, 0.3) is 0 Å². The standard InChI is InChI=1S/C20H30N2O4.ClH/c1-24-17-9-5-6-15(18(17)26-16-7-3-4-8-16)14-22-19(23)20(25-2)10-12-21-13-11-20;/h5-6,9,16,21H,3-4,7-8,10-14H2,1-2H3,(H,22,23);1H. The molecule has 1 saturated heterocycles. The molecule has 1 aliphatic carbocycles. The molecule has 27 heavy (non-hydrogen) atoms. The number of para-hydroxylation sites is 1. The summed E-state index contributed by atoms with van der Waals surface area (Å²) in [4.78, 5) is 12.8. The second-order valence-corrected chi connectivity index (χ2v) is 7.10. The number of methoxy groups -OCH3 is 2. The lowest BCUT2D eigenvalue weighted by molar-refractivity contribution is -0.146. The molecule has 1 amide bonds. The lowest BCUT2D eigenvalue weighted by atomic mass is 9.91. The Balaban J connectivity index is 0.00000261. The number of carbonyl (C=O) groups excluding carboxylic acids is 1. The molecule has 2 aliphatic rings. The molecule has 0 aromatic heterocycles. The van der Waals surface area contributed by atoms with Crippen LogP contribution in [0.15, 0.2) is 18.2 Å². The zero-order valence-electron chi connectivity index (χ0n) is 16.2. The van der Waals surface area contributed by atoms with E-state index < -0.39 is 5.60 Å². The van der Waals surface area contributed by atoms with Crippen LogP contribution in [0.5, 0.6) is 11.5 Å². The summed E-state index contributed by atoms with van der Waals surface area (Å²) in [6, 6.07) is 5.81. The van der Waals surface area contributed by atoms with Gasteiger partial charge in [-0.15, -0.1) is 12.4 Å². The highest BCUT2D eigenvalue weighted by Gasteiger charge is 2.39. The molecule has 0 spiro atoms. The van der Waals surface area contributed by atoms with Crippen molar-refractivity contribution >= 4 is 18.3 Å². The Labute approximate surface area is 167 Å². The number of nitrogens with one attached hydrogen (secondary N) is 2. The number of piperidine rings is 1. The van der Waals surface area contributed by atoms with Gasteiger partial charge >= 0.3 is 0 Å². The van der Waals surface area contributed by atoms with Crippen molar-refractivity contribution < 1.29 is 19.0 Å². The molecule has 1 aliphatic heterocycles. The maximum atomic E-state index is 12.8. The molecular formula is C20H31ClN2O4. The predicted octanol–water partition coefficient (Wildman–Crippen LogP) is 2.82. The van der Waals surface area contributed by atoms with Crippen LogP contribution >= 0.6 is 12.4 Å². The van der Waals surface area contributed by atoms with Gasteiger partial charge in [0, 0.05) is 19.2 Å². The third-order valence-electron chi connectivity index (χ3n) is 5.52. The van der Waals surface area contributed by atoms with Crippen molar-refractivity contribution in [2.24, 2.45) is 0 Å². The molecule has 0 unspecified atom stereocenters. The quantitative estimate of drug-likeness (QED) is 0.739. The summed E-state index contributed by atoms with van der Waals surface area (Å²) in [6.07, 6.45) is 6.15. The molecule has 1 aromatic carbocycles. The van der Waals surface area contributed by atoms with E-state index in [1.54, 1.807) is 14.2 Å². The molecule has 7 heteroatoms. The molecule has 2 fully saturated rings. The normalized spacial score (nSPS) is 19.2. The first-order valence-electron chi connectivity index (χ1n) is 9.55. The van der Waals surface area contributed by atoms with Gasteiger partial charge < -0.3 is 24.8 Å². The molecule has 1 heterocycles. The van der Waals surface area contributed by atoms with Crippen LogP contribution in [0.1, 0.15) is 44.1 Å². The Morgan fingerprint density at radius 2 is 1.93 bits per heavy atom. The fourth-order valence-corrected chi connectivity index (χ4v) is 3.86. The van der Waals surface area contributed by atoms with Crippen molar-refractivity contribution in [3.05, 3.63) is 23.8 Å². The summed E-state index contributed by atoms with van der Waals surface area (Å²) in [5, 5.41) is 6.32. The van der Waals surface area contributed by atoms with Crippen molar-refractivity contribution in [3.63, 3.8) is 0 Å². The van der Waals surface area contributed by atoms with Crippen molar-refractivity contribution in [1.29, 1.82) is 0 Å². The van der Waals surface area contributed by atoms with Gasteiger partial charge in [-0.05, 0) is 57.7 Å². The third-order valence-corrected chi connectivity index (χ3v) is 5.52. The van der Waals surface area contributed by atoms with Crippen LogP contribution in [0.4, 0.5) is 0 Å². The summed E-state index contributed by atoms with van der Waals surface area (Å²) < 4.78 is 17.3. The maximum absolute atomic E-state index is 12.8. The second kappa shape index (κ2) is 10.2. The molecule has 1 aromatic rings. The highest BCUT2D eigenvalue weighted by atomic mass is 35.5. The van der Waals surface area contributed by atoms with Crippen molar-refractivity contribution in [3.8, 4) is 11.5 Å². The Kier molecular flexibility index (Phi) is 8.20. The van der Waals surface area contributed by atoms with Gasteiger partial charge in [0.2, 0.25) is 0 Å². The minimum atomic E-state index is -0.739. The Bertz CT molecular complexity index is 614. The number of rotatable bonds is 7. The minimum Gasteiger partial charge on any atom is -0.493 e. The topological polar surface area (TPSA) is 68.8 Å². The molecule has 3 rings (SSSR count). The number of benzene rings is 1. The van der Waals surface area contributed by atoms with E-state index in [9.17, 15) is 4.79 Å². The van der Waals surface area contributed by atoms with Crippen molar-refractivity contribution in [1.82, 2.24) is 10.6 Å². The van der Waals surface area contributed by atoms with Crippen LogP contribution in [0.2, 0.25) is 0 Å². The van der Waals surface area contributed by atoms with Crippen molar-refractivity contribution in [2.45, 2.75) is 56.8 Å². The van der Waals surface area contributed by atoms with Gasteiger partial charge in [0.25, 0.3) is 5.91 Å². The monoisotopic (exact) mass is 398 g/mol. The summed E-state index contributed by atoms with van der Waals surface area (Å²) >= 11 is 0. The number of halogens is 1. The molecule has 1 saturated carbocycles. The summed E-state index contributed by atoms with van der Waals surface area (Å²) in [6.45, 7) is 1.98. The average molecular weight is 399 g/mol. The fraction of sp³-hybridized carbons (Fsp3) is 0.650. The van der Waals surface area contributed by atoms with Crippen LogP contribution in [-0.4, -0.2) is 44.9 Å². The molecule has 6 nitrogen and oxygen atoms in total. The number of carbonyl (C=O) groups is 1. The summed E-state index contributed by atoms with van der Waals surface area (Å²) in [7, 11) is 3.26. The van der Waals surface area contributed by atoms with E-state index >= 15 is 0 Å². The van der Waals surface area contributed by atoms with Crippen LogP contribution in [0.3, 0.4) is 0 Å². The SMILES string of the molecule is COc1cccc(CNC(=O)C2(OC)CCNCC2)c1OC1CCCC1.Cl. The molecule has 0 bridgehead atoms. The van der Waals surface area contributed by atoms with Gasteiger partial charge in [0.15, 0.2) is 11.5 Å². The summed E-state index contributed by atoms with van der Waals surface area (Å²) in [5.41, 5.74) is 0.195. The Morgan fingerprint density at radius 1 is 1.22 bits per heavy atom. The van der Waals surface area contributed by atoms with Gasteiger partial charge in [-0.1, -0.05) is 12.1 Å². The van der Waals surface area contributed by atoms with Gasteiger partial charge in [0.05, 0.1) is 13.2 Å². The number of ether oxygens (including phenoxy) is 3. The zero-order valence-corrected chi connectivity index (χ0v) is 17.0. The van der Waals surface area contributed by atoms with E-state index in [1.807, 2.05) is 18.2 Å². The Hall–Kier alpha value is -1.50. The highest BCUT2D eigenvalue weighted by Crippen LogP contribution is 2.35. The van der Waals surface area contributed by atoms with Gasteiger partial charge in [0.1, 0.15) is 5.60 Å². The van der Waals surface area contributed by atoms with Crippen LogP contribution < -0.4 is 20.1 Å². The third kappa shape index (κ3) is 5.06. The smallest absolute Gasteiger partial charge is 0.252 e. The highest BCUT2D eigenvalue weighted by molar-refractivity contribution is 5.85. The molecule has 152 valence electrons. The molecular weight excluding hydrogens is 368 g/mol. The predicted molar refractivity (Wildman–Crippen MR) is 107 cm³/mol. The fourth-order valence-electron chi connectivity index (χ4n) is 3.86. The first kappa shape index (κ1) is 21.8. The molecule has 0 atom stereocenters. The minimum absolute atomic E-state index is 0. The van der Waals surface area contributed by atoms with E-state index in [4.69, 9.17) is 14.2 Å². The average Bonchev–Trinajstić information content (AvgIpc) is 3.20. The lowest BCUT2D eigenvalue weighted by Crippen LogP contribution is -2.53. The Morgan fingerprint density at radius 3 is 2.56 bits per heavy atom.